The van der Waals surface area contributed by atoms with Gasteiger partial charge in [-0.1, -0.05) is 12.1 Å². The number of nitrogens with one attached hydrogen (secondary N) is 2. The summed E-state index contributed by atoms with van der Waals surface area (Å²) in [7, 11) is -1.88. The number of piperidine rings is 1. The molecule has 0 saturated carbocycles. The Balaban J connectivity index is 0.00000264. The molecule has 0 spiro atoms. The summed E-state index contributed by atoms with van der Waals surface area (Å²) in [5, 5.41) is 3.30. The average Bonchev–Trinajstić information content (AvgIpc) is 2.49. The number of halogens is 2. The minimum atomic E-state index is -3.54. The Bertz CT molecular complexity index is 614. The molecule has 1 aliphatic heterocycles. The second-order valence-corrected chi connectivity index (χ2v) is 8.42. The van der Waals surface area contributed by atoms with Crippen LogP contribution in [0.15, 0.2) is 27.6 Å². The highest BCUT2D eigenvalue weighted by molar-refractivity contribution is 9.10. The number of sulfonamides is 1. The fourth-order valence-corrected chi connectivity index (χ4v) is 5.00. The van der Waals surface area contributed by atoms with Crippen LogP contribution in [0, 0.1) is 12.3 Å². The normalized spacial score (nSPS) is 17.5. The first-order valence-corrected chi connectivity index (χ1v) is 9.62. The van der Waals surface area contributed by atoms with Gasteiger partial charge in [-0.3, -0.25) is 0 Å². The van der Waals surface area contributed by atoms with Crippen molar-refractivity contribution >= 4 is 38.4 Å². The summed E-state index contributed by atoms with van der Waals surface area (Å²) in [6.07, 6.45) is 1.80. The van der Waals surface area contributed by atoms with Crippen LogP contribution >= 0.6 is 28.3 Å². The predicted octanol–water partition coefficient (Wildman–Crippen LogP) is 2.47. The molecular formula is C15H24BrClN2O3S. The van der Waals surface area contributed by atoms with Crippen molar-refractivity contribution in [2.75, 3.05) is 33.4 Å². The maximum absolute atomic E-state index is 12.6. The Morgan fingerprint density at radius 3 is 2.61 bits per heavy atom. The van der Waals surface area contributed by atoms with Crippen molar-refractivity contribution in [3.8, 4) is 0 Å². The topological polar surface area (TPSA) is 67.4 Å². The number of hydrogen-bond acceptors (Lipinski definition) is 4. The van der Waals surface area contributed by atoms with E-state index in [2.05, 4.69) is 26.0 Å². The van der Waals surface area contributed by atoms with Gasteiger partial charge < -0.3 is 10.1 Å². The number of rotatable bonds is 6. The van der Waals surface area contributed by atoms with E-state index >= 15 is 0 Å². The van der Waals surface area contributed by atoms with Crippen molar-refractivity contribution in [1.29, 1.82) is 0 Å². The van der Waals surface area contributed by atoms with E-state index in [1.165, 1.54) is 0 Å². The van der Waals surface area contributed by atoms with Crippen molar-refractivity contribution in [2.24, 2.45) is 5.41 Å². The molecule has 23 heavy (non-hydrogen) atoms. The molecule has 1 aromatic carbocycles. The van der Waals surface area contributed by atoms with Crippen molar-refractivity contribution in [3.63, 3.8) is 0 Å². The summed E-state index contributed by atoms with van der Waals surface area (Å²) in [6.45, 7) is 4.61. The third-order valence-electron chi connectivity index (χ3n) is 4.20. The molecule has 1 heterocycles. The van der Waals surface area contributed by atoms with E-state index in [0.717, 1.165) is 31.5 Å². The van der Waals surface area contributed by atoms with Crippen LogP contribution in [0.3, 0.4) is 0 Å². The van der Waals surface area contributed by atoms with Gasteiger partial charge in [-0.25, -0.2) is 13.1 Å². The minimum Gasteiger partial charge on any atom is -0.384 e. The zero-order valence-electron chi connectivity index (χ0n) is 13.4. The Morgan fingerprint density at radius 2 is 2.00 bits per heavy atom. The van der Waals surface area contributed by atoms with E-state index < -0.39 is 10.0 Å². The number of hydrogen-bond donors (Lipinski definition) is 2. The van der Waals surface area contributed by atoms with Gasteiger partial charge in [0, 0.05) is 23.5 Å². The maximum atomic E-state index is 12.6. The molecule has 0 atom stereocenters. The molecular weight excluding hydrogens is 404 g/mol. The molecule has 0 aliphatic carbocycles. The fourth-order valence-electron chi connectivity index (χ4n) is 2.79. The van der Waals surface area contributed by atoms with Crippen LogP contribution in [-0.4, -0.2) is 41.8 Å². The molecule has 2 N–H and O–H groups in total. The largest absolute Gasteiger partial charge is 0.384 e. The van der Waals surface area contributed by atoms with Gasteiger partial charge in [0.2, 0.25) is 10.0 Å². The number of aryl methyl sites for hydroxylation is 1. The second kappa shape index (κ2) is 8.78. The zero-order valence-corrected chi connectivity index (χ0v) is 16.6. The van der Waals surface area contributed by atoms with Gasteiger partial charge in [-0.15, -0.1) is 12.4 Å². The van der Waals surface area contributed by atoms with Crippen LogP contribution in [-0.2, 0) is 14.8 Å². The molecule has 0 bridgehead atoms. The van der Waals surface area contributed by atoms with Crippen LogP contribution in [0.5, 0.6) is 0 Å². The van der Waals surface area contributed by atoms with Gasteiger partial charge >= 0.3 is 0 Å². The van der Waals surface area contributed by atoms with Gasteiger partial charge in [0.25, 0.3) is 0 Å². The molecule has 1 aliphatic rings. The van der Waals surface area contributed by atoms with E-state index in [0.29, 0.717) is 17.6 Å². The molecule has 0 radical (unpaired) electrons. The molecule has 132 valence electrons. The zero-order chi connectivity index (χ0) is 16.2. The fraction of sp³-hybridized carbons (Fsp3) is 0.600. The smallest absolute Gasteiger partial charge is 0.241 e. The van der Waals surface area contributed by atoms with Crippen LogP contribution in [0.25, 0.3) is 0 Å². The first kappa shape index (κ1) is 20.9. The predicted molar refractivity (Wildman–Crippen MR) is 97.7 cm³/mol. The summed E-state index contributed by atoms with van der Waals surface area (Å²) < 4.78 is 33.9. The van der Waals surface area contributed by atoms with E-state index in [-0.39, 0.29) is 22.7 Å². The van der Waals surface area contributed by atoms with E-state index in [1.54, 1.807) is 19.2 Å². The SMILES string of the molecule is COCC1(CNS(=O)(=O)c2cccc(C)c2Br)CCNCC1.Cl. The first-order valence-electron chi connectivity index (χ1n) is 7.35. The standard InChI is InChI=1S/C15H23BrN2O3S.ClH/c1-12-4-3-5-13(14(12)16)22(19,20)18-10-15(11-21-2)6-8-17-9-7-15;/h3-5,17-18H,6-11H2,1-2H3;1H. The Kier molecular flexibility index (Phi) is 7.97. The van der Waals surface area contributed by atoms with Crippen LogP contribution in [0.1, 0.15) is 18.4 Å². The van der Waals surface area contributed by atoms with Crippen molar-refractivity contribution < 1.29 is 13.2 Å². The molecule has 1 saturated heterocycles. The lowest BCUT2D eigenvalue weighted by molar-refractivity contribution is 0.0577. The Morgan fingerprint density at radius 1 is 1.35 bits per heavy atom. The molecule has 0 unspecified atom stereocenters. The molecule has 0 amide bonds. The monoisotopic (exact) mass is 426 g/mol. The quantitative estimate of drug-likeness (QED) is 0.732. The van der Waals surface area contributed by atoms with Gasteiger partial charge in [-0.05, 0) is 60.4 Å². The molecule has 8 heteroatoms. The highest BCUT2D eigenvalue weighted by Gasteiger charge is 2.34. The van der Waals surface area contributed by atoms with Gasteiger partial charge in [0.15, 0.2) is 0 Å². The summed E-state index contributed by atoms with van der Waals surface area (Å²) in [4.78, 5) is 0.286. The second-order valence-electron chi connectivity index (χ2n) is 5.89. The summed E-state index contributed by atoms with van der Waals surface area (Å²) in [5.41, 5.74) is 0.764. The third kappa shape index (κ3) is 5.14. The van der Waals surface area contributed by atoms with E-state index in [4.69, 9.17) is 4.74 Å². The average molecular weight is 428 g/mol. The Hall–Kier alpha value is -0.180. The Labute approximate surface area is 153 Å². The summed E-state index contributed by atoms with van der Waals surface area (Å²) in [5.74, 6) is 0. The molecule has 5 nitrogen and oxygen atoms in total. The van der Waals surface area contributed by atoms with Crippen LogP contribution < -0.4 is 10.0 Å². The number of methoxy groups -OCH3 is 1. The van der Waals surface area contributed by atoms with Crippen molar-refractivity contribution in [1.82, 2.24) is 10.0 Å². The lowest BCUT2D eigenvalue weighted by Gasteiger charge is -2.37. The minimum absolute atomic E-state index is 0. The van der Waals surface area contributed by atoms with Crippen molar-refractivity contribution in [3.05, 3.63) is 28.2 Å². The summed E-state index contributed by atoms with van der Waals surface area (Å²) >= 11 is 3.37. The molecule has 1 fully saturated rings. The van der Waals surface area contributed by atoms with Gasteiger partial charge in [0.05, 0.1) is 11.5 Å². The molecule has 0 aromatic heterocycles. The van der Waals surface area contributed by atoms with Gasteiger partial charge in [-0.2, -0.15) is 0 Å². The van der Waals surface area contributed by atoms with Gasteiger partial charge in [0.1, 0.15) is 0 Å². The lowest BCUT2D eigenvalue weighted by atomic mass is 9.80. The highest BCUT2D eigenvalue weighted by Crippen LogP contribution is 2.30. The third-order valence-corrected chi connectivity index (χ3v) is 6.96. The van der Waals surface area contributed by atoms with Crippen LogP contribution in [0.2, 0.25) is 0 Å². The number of ether oxygens (including phenoxy) is 1. The van der Waals surface area contributed by atoms with E-state index in [1.807, 2.05) is 13.0 Å². The van der Waals surface area contributed by atoms with Crippen molar-refractivity contribution in [2.45, 2.75) is 24.7 Å². The van der Waals surface area contributed by atoms with Crippen LogP contribution in [0.4, 0.5) is 0 Å². The summed E-state index contributed by atoms with van der Waals surface area (Å²) in [6, 6.07) is 5.25. The maximum Gasteiger partial charge on any atom is 0.241 e. The highest BCUT2D eigenvalue weighted by atomic mass is 79.9. The lowest BCUT2D eigenvalue weighted by Crippen LogP contribution is -2.47. The molecule has 1 aromatic rings. The number of benzene rings is 1. The molecule has 2 rings (SSSR count). The first-order chi connectivity index (χ1) is 10.4. The van der Waals surface area contributed by atoms with E-state index in [9.17, 15) is 8.42 Å².